The van der Waals surface area contributed by atoms with Crippen LogP contribution in [0.1, 0.15) is 58.9 Å². The van der Waals surface area contributed by atoms with Crippen molar-refractivity contribution in [1.82, 2.24) is 10.2 Å². The molecule has 30 heavy (non-hydrogen) atoms. The summed E-state index contributed by atoms with van der Waals surface area (Å²) < 4.78 is 10.8. The van der Waals surface area contributed by atoms with Crippen molar-refractivity contribution >= 4 is 17.9 Å². The van der Waals surface area contributed by atoms with Crippen LogP contribution in [0.4, 0.5) is 4.79 Å². The van der Waals surface area contributed by atoms with Crippen molar-refractivity contribution < 1.29 is 23.9 Å². The van der Waals surface area contributed by atoms with Gasteiger partial charge in [0, 0.05) is 0 Å². The molecule has 0 radical (unpaired) electrons. The highest BCUT2D eigenvalue weighted by Crippen LogP contribution is 2.38. The molecule has 1 saturated heterocycles. The van der Waals surface area contributed by atoms with Crippen LogP contribution in [0, 0.1) is 5.92 Å². The zero-order chi connectivity index (χ0) is 21.9. The molecule has 1 N–H and O–H groups in total. The van der Waals surface area contributed by atoms with Crippen molar-refractivity contribution in [1.29, 1.82) is 0 Å². The number of carbonyl (C=O) groups excluding carboxylic acids is 3. The van der Waals surface area contributed by atoms with Crippen molar-refractivity contribution in [3.8, 4) is 5.75 Å². The van der Waals surface area contributed by atoms with Crippen LogP contribution in [0.25, 0.3) is 0 Å². The Morgan fingerprint density at radius 1 is 1.17 bits per heavy atom. The predicted molar refractivity (Wildman–Crippen MR) is 112 cm³/mol. The highest BCUT2D eigenvalue weighted by molar-refractivity contribution is 6.08. The standard InChI is InChI=1S/C23H32N2O5/c1-16-7-5-6-12-23(16)20(27)25(21(28)24-23)15-19(26)30-14-13-29-18-10-8-17(9-11-18)22(2,3)4/h8-11,16H,5-7,12-15H2,1-4H3,(H,24,28). The van der Waals surface area contributed by atoms with Gasteiger partial charge in [-0.25, -0.2) is 4.79 Å². The number of imide groups is 1. The van der Waals surface area contributed by atoms with E-state index in [1.54, 1.807) is 0 Å². The summed E-state index contributed by atoms with van der Waals surface area (Å²) in [7, 11) is 0. The third kappa shape index (κ3) is 4.60. The maximum atomic E-state index is 12.9. The van der Waals surface area contributed by atoms with Crippen molar-refractivity contribution in [3.05, 3.63) is 29.8 Å². The average molecular weight is 417 g/mol. The molecule has 1 aliphatic carbocycles. The van der Waals surface area contributed by atoms with Crippen molar-refractivity contribution in [2.24, 2.45) is 5.92 Å². The van der Waals surface area contributed by atoms with Gasteiger partial charge in [-0.05, 0) is 41.9 Å². The lowest BCUT2D eigenvalue weighted by atomic mass is 9.73. The first-order valence-electron chi connectivity index (χ1n) is 10.7. The van der Waals surface area contributed by atoms with Crippen LogP contribution in [-0.4, -0.2) is 48.1 Å². The molecule has 0 aromatic heterocycles. The van der Waals surface area contributed by atoms with E-state index in [2.05, 4.69) is 26.1 Å². The number of hydrogen-bond acceptors (Lipinski definition) is 5. The van der Waals surface area contributed by atoms with Crippen LogP contribution in [0.2, 0.25) is 0 Å². The minimum Gasteiger partial charge on any atom is -0.490 e. The third-order valence-electron chi connectivity index (χ3n) is 6.12. The number of ether oxygens (including phenoxy) is 2. The predicted octanol–water partition coefficient (Wildman–Crippen LogP) is 3.41. The molecule has 2 fully saturated rings. The van der Waals surface area contributed by atoms with Gasteiger partial charge in [0.2, 0.25) is 0 Å². The van der Waals surface area contributed by atoms with Crippen molar-refractivity contribution in [2.45, 2.75) is 64.3 Å². The maximum Gasteiger partial charge on any atom is 0.326 e. The normalized spacial score (nSPS) is 24.1. The summed E-state index contributed by atoms with van der Waals surface area (Å²) in [6.07, 6.45) is 3.44. The second-order valence-corrected chi connectivity index (χ2v) is 9.28. The van der Waals surface area contributed by atoms with Gasteiger partial charge in [-0.1, -0.05) is 52.7 Å². The summed E-state index contributed by atoms with van der Waals surface area (Å²) in [5.74, 6) is -0.180. The molecule has 1 spiro atoms. The molecule has 2 atom stereocenters. The highest BCUT2D eigenvalue weighted by atomic mass is 16.6. The molecule has 2 aliphatic rings. The molecule has 3 rings (SSSR count). The Morgan fingerprint density at radius 3 is 2.50 bits per heavy atom. The number of nitrogens with zero attached hydrogens (tertiary/aromatic N) is 1. The molecule has 3 amide bonds. The molecule has 1 aliphatic heterocycles. The number of amides is 3. The van der Waals surface area contributed by atoms with Gasteiger partial charge >= 0.3 is 12.0 Å². The SMILES string of the molecule is CC1CCCCC12NC(=O)N(CC(=O)OCCOc1ccc(C(C)(C)C)cc1)C2=O. The fourth-order valence-electron chi connectivity index (χ4n) is 4.18. The van der Waals surface area contributed by atoms with Crippen molar-refractivity contribution in [2.75, 3.05) is 19.8 Å². The second-order valence-electron chi connectivity index (χ2n) is 9.28. The van der Waals surface area contributed by atoms with E-state index in [1.165, 1.54) is 5.56 Å². The number of urea groups is 1. The summed E-state index contributed by atoms with van der Waals surface area (Å²) in [5.41, 5.74) is 0.416. The first-order chi connectivity index (χ1) is 14.1. The van der Waals surface area contributed by atoms with Gasteiger partial charge in [0.1, 0.15) is 31.0 Å². The van der Waals surface area contributed by atoms with Crippen LogP contribution in [0.5, 0.6) is 5.75 Å². The molecule has 1 aromatic carbocycles. The number of hydrogen-bond donors (Lipinski definition) is 1. The zero-order valence-corrected chi connectivity index (χ0v) is 18.3. The smallest absolute Gasteiger partial charge is 0.326 e. The van der Waals surface area contributed by atoms with Crippen molar-refractivity contribution in [3.63, 3.8) is 0 Å². The number of esters is 1. The molecule has 1 heterocycles. The van der Waals surface area contributed by atoms with Gasteiger partial charge in [-0.2, -0.15) is 0 Å². The summed E-state index contributed by atoms with van der Waals surface area (Å²) in [5, 5.41) is 2.83. The van der Waals surface area contributed by atoms with Crippen LogP contribution in [0.3, 0.4) is 0 Å². The molecular weight excluding hydrogens is 384 g/mol. The summed E-state index contributed by atoms with van der Waals surface area (Å²) in [6.45, 7) is 8.27. The van der Waals surface area contributed by atoms with Gasteiger partial charge in [-0.15, -0.1) is 0 Å². The van der Waals surface area contributed by atoms with E-state index < -0.39 is 17.5 Å². The van der Waals surface area contributed by atoms with Crippen LogP contribution in [-0.2, 0) is 19.7 Å². The quantitative estimate of drug-likeness (QED) is 0.436. The monoisotopic (exact) mass is 416 g/mol. The Labute approximate surface area is 178 Å². The minimum atomic E-state index is -0.863. The number of nitrogens with one attached hydrogen (secondary N) is 1. The van der Waals surface area contributed by atoms with Crippen LogP contribution in [0.15, 0.2) is 24.3 Å². The summed E-state index contributed by atoms with van der Waals surface area (Å²) >= 11 is 0. The Balaban J connectivity index is 1.45. The molecule has 0 bridgehead atoms. The van der Waals surface area contributed by atoms with Crippen LogP contribution >= 0.6 is 0 Å². The first kappa shape index (κ1) is 22.1. The lowest BCUT2D eigenvalue weighted by Gasteiger charge is -2.36. The molecule has 164 valence electrons. The topological polar surface area (TPSA) is 84.9 Å². The third-order valence-corrected chi connectivity index (χ3v) is 6.12. The summed E-state index contributed by atoms with van der Waals surface area (Å²) in [6, 6.07) is 7.30. The molecule has 7 nitrogen and oxygen atoms in total. The Morgan fingerprint density at radius 2 is 1.87 bits per heavy atom. The first-order valence-corrected chi connectivity index (χ1v) is 10.7. The van der Waals surface area contributed by atoms with Gasteiger partial charge in [0.05, 0.1) is 0 Å². The lowest BCUT2D eigenvalue weighted by Crippen LogP contribution is -2.54. The fraction of sp³-hybridized carbons (Fsp3) is 0.609. The maximum absolute atomic E-state index is 12.9. The van der Waals surface area contributed by atoms with E-state index >= 15 is 0 Å². The van der Waals surface area contributed by atoms with E-state index in [0.717, 1.165) is 24.2 Å². The number of rotatable bonds is 6. The van der Waals surface area contributed by atoms with Crippen LogP contribution < -0.4 is 10.1 Å². The largest absolute Gasteiger partial charge is 0.490 e. The highest BCUT2D eigenvalue weighted by Gasteiger charge is 2.55. The van der Waals surface area contributed by atoms with Gasteiger partial charge in [0.15, 0.2) is 0 Å². The lowest BCUT2D eigenvalue weighted by molar-refractivity contribution is -0.149. The number of benzene rings is 1. The Hall–Kier alpha value is -2.57. The van der Waals surface area contributed by atoms with E-state index in [-0.39, 0.29) is 37.0 Å². The van der Waals surface area contributed by atoms with E-state index in [1.807, 2.05) is 31.2 Å². The fourth-order valence-corrected chi connectivity index (χ4v) is 4.18. The Kier molecular flexibility index (Phi) is 6.38. The van der Waals surface area contributed by atoms with E-state index in [4.69, 9.17) is 9.47 Å². The number of carbonyl (C=O) groups is 3. The minimum absolute atomic E-state index is 0.0467. The zero-order valence-electron chi connectivity index (χ0n) is 18.3. The second kappa shape index (κ2) is 8.66. The van der Waals surface area contributed by atoms with Gasteiger partial charge < -0.3 is 14.8 Å². The molecule has 7 heteroatoms. The molecule has 1 aromatic rings. The van der Waals surface area contributed by atoms with E-state index in [9.17, 15) is 14.4 Å². The average Bonchev–Trinajstić information content (AvgIpc) is 2.92. The molecule has 1 saturated carbocycles. The molecule has 2 unspecified atom stereocenters. The van der Waals surface area contributed by atoms with Gasteiger partial charge in [-0.3, -0.25) is 14.5 Å². The van der Waals surface area contributed by atoms with Gasteiger partial charge in [0.25, 0.3) is 5.91 Å². The summed E-state index contributed by atoms with van der Waals surface area (Å²) in [4.78, 5) is 38.3. The van der Waals surface area contributed by atoms with E-state index in [0.29, 0.717) is 12.2 Å². The Bertz CT molecular complexity index is 799. The molecular formula is C23H32N2O5.